The van der Waals surface area contributed by atoms with Gasteiger partial charge in [-0.2, -0.15) is 0 Å². The summed E-state index contributed by atoms with van der Waals surface area (Å²) in [6, 6.07) is 0. The van der Waals surface area contributed by atoms with Crippen LogP contribution in [-0.4, -0.2) is 23.6 Å². The topological polar surface area (TPSA) is 105 Å². The first-order valence-electron chi connectivity index (χ1n) is 4.27. The summed E-state index contributed by atoms with van der Waals surface area (Å²) in [5, 5.41) is 0.615. The van der Waals surface area contributed by atoms with E-state index in [4.69, 9.17) is 5.73 Å². The van der Waals surface area contributed by atoms with E-state index < -0.39 is 15.3 Å². The van der Waals surface area contributed by atoms with Crippen molar-refractivity contribution in [3.8, 4) is 0 Å². The zero-order valence-electron chi connectivity index (χ0n) is 8.39. The molecule has 0 aliphatic carbocycles. The predicted molar refractivity (Wildman–Crippen MR) is 66.9 cm³/mol. The van der Waals surface area contributed by atoms with Crippen molar-refractivity contribution in [2.24, 2.45) is 5.73 Å². The fourth-order valence-corrected chi connectivity index (χ4v) is 2.73. The van der Waals surface area contributed by atoms with E-state index in [1.165, 1.54) is 6.92 Å². The van der Waals surface area contributed by atoms with E-state index in [2.05, 4.69) is 21.9 Å². The van der Waals surface area contributed by atoms with Gasteiger partial charge in [-0.05, 0) is 6.92 Å². The molecule has 0 aliphatic heterocycles. The number of hydrogen-bond acceptors (Lipinski definition) is 5. The third-order valence-electron chi connectivity index (χ3n) is 1.90. The minimum absolute atomic E-state index is 0.0219. The number of H-pyrrole nitrogens is 1. The highest BCUT2D eigenvalue weighted by Gasteiger charge is 2.22. The van der Waals surface area contributed by atoms with Crippen LogP contribution in [0.25, 0.3) is 0 Å². The number of rotatable bonds is 5. The Bertz CT molecular complexity index is 530. The van der Waals surface area contributed by atoms with Gasteiger partial charge in [0.25, 0.3) is 0 Å². The molecular formula is C7H11N3O3S3. The molecule has 1 atom stereocenters. The molecule has 0 saturated carbocycles. The van der Waals surface area contributed by atoms with E-state index in [1.54, 1.807) is 5.38 Å². The van der Waals surface area contributed by atoms with Crippen LogP contribution >= 0.6 is 23.6 Å². The van der Waals surface area contributed by atoms with Crippen molar-refractivity contribution in [3.63, 3.8) is 0 Å². The lowest BCUT2D eigenvalue weighted by atomic mass is 10.5. The highest BCUT2D eigenvalue weighted by molar-refractivity contribution is 7.93. The summed E-state index contributed by atoms with van der Waals surface area (Å²) in [6.07, 6.45) is 0. The van der Waals surface area contributed by atoms with Gasteiger partial charge in [-0.3, -0.25) is 4.79 Å². The SMILES string of the molecule is CC(C(N)=S)S(=O)(=O)NCc1csc(=O)[nH]1. The second-order valence-electron chi connectivity index (χ2n) is 3.08. The quantitative estimate of drug-likeness (QED) is 0.633. The monoisotopic (exact) mass is 281 g/mol. The number of hydrogen-bond donors (Lipinski definition) is 3. The average Bonchev–Trinajstić information content (AvgIpc) is 2.60. The van der Waals surface area contributed by atoms with Gasteiger partial charge in [0.1, 0.15) is 5.25 Å². The van der Waals surface area contributed by atoms with E-state index in [-0.39, 0.29) is 16.4 Å². The number of sulfonamides is 1. The van der Waals surface area contributed by atoms with Crippen molar-refractivity contribution in [2.75, 3.05) is 0 Å². The second-order valence-corrected chi connectivity index (χ2v) is 6.48. The van der Waals surface area contributed by atoms with E-state index in [0.29, 0.717) is 5.69 Å². The summed E-state index contributed by atoms with van der Waals surface area (Å²) in [4.78, 5) is 13.0. The van der Waals surface area contributed by atoms with Crippen molar-refractivity contribution in [2.45, 2.75) is 18.7 Å². The summed E-state index contributed by atoms with van der Waals surface area (Å²) >= 11 is 5.58. The number of aromatic amines is 1. The van der Waals surface area contributed by atoms with Crippen LogP contribution in [-0.2, 0) is 16.6 Å². The maximum atomic E-state index is 11.6. The summed E-state index contributed by atoms with van der Waals surface area (Å²) in [5.74, 6) is 0. The molecule has 4 N–H and O–H groups in total. The van der Waals surface area contributed by atoms with Crippen LogP contribution in [0.4, 0.5) is 0 Å². The van der Waals surface area contributed by atoms with Crippen molar-refractivity contribution in [1.82, 2.24) is 9.71 Å². The van der Waals surface area contributed by atoms with Gasteiger partial charge in [-0.25, -0.2) is 13.1 Å². The molecule has 0 radical (unpaired) electrons. The highest BCUT2D eigenvalue weighted by atomic mass is 32.2. The van der Waals surface area contributed by atoms with Crippen molar-refractivity contribution >= 4 is 38.6 Å². The van der Waals surface area contributed by atoms with Crippen LogP contribution in [0.2, 0.25) is 0 Å². The predicted octanol–water partition coefficient (Wildman–Crippen LogP) is -0.470. The summed E-state index contributed by atoms with van der Waals surface area (Å²) < 4.78 is 25.5. The van der Waals surface area contributed by atoms with Crippen LogP contribution in [0.3, 0.4) is 0 Å². The van der Waals surface area contributed by atoms with Gasteiger partial charge in [-0.15, -0.1) is 0 Å². The number of thiocarbonyl (C=S) groups is 1. The summed E-state index contributed by atoms with van der Waals surface area (Å²) in [7, 11) is -3.58. The molecule has 0 spiro atoms. The van der Waals surface area contributed by atoms with Crippen LogP contribution in [0.15, 0.2) is 10.2 Å². The standard InChI is InChI=1S/C7H11N3O3S3/c1-4(6(8)14)16(12,13)9-2-5-3-15-7(11)10-5/h3-4,9H,2H2,1H3,(H2,8,14)(H,10,11). The van der Waals surface area contributed by atoms with Gasteiger partial charge in [0, 0.05) is 11.1 Å². The zero-order valence-corrected chi connectivity index (χ0v) is 10.8. The lowest BCUT2D eigenvalue weighted by Crippen LogP contribution is -2.39. The van der Waals surface area contributed by atoms with Crippen LogP contribution in [0.1, 0.15) is 12.6 Å². The van der Waals surface area contributed by atoms with Gasteiger partial charge in [0.15, 0.2) is 0 Å². The molecule has 0 aliphatic rings. The number of nitrogens with one attached hydrogen (secondary N) is 2. The molecule has 9 heteroatoms. The third-order valence-corrected chi connectivity index (χ3v) is 4.85. The molecule has 1 aromatic heterocycles. The Kier molecular flexibility index (Phi) is 4.19. The molecule has 90 valence electrons. The molecule has 1 unspecified atom stereocenters. The lowest BCUT2D eigenvalue weighted by molar-refractivity contribution is 0.577. The Balaban J connectivity index is 2.68. The number of nitrogens with two attached hydrogens (primary N) is 1. The Hall–Kier alpha value is -0.770. The number of aromatic nitrogens is 1. The summed E-state index contributed by atoms with van der Waals surface area (Å²) in [6.45, 7) is 1.43. The smallest absolute Gasteiger partial charge is 0.304 e. The molecule has 0 saturated heterocycles. The van der Waals surface area contributed by atoms with E-state index in [9.17, 15) is 13.2 Å². The van der Waals surface area contributed by atoms with Gasteiger partial charge < -0.3 is 10.7 Å². The molecule has 1 heterocycles. The molecule has 1 rings (SSSR count). The molecule has 0 amide bonds. The largest absolute Gasteiger partial charge is 0.392 e. The Morgan fingerprint density at radius 1 is 1.75 bits per heavy atom. The molecule has 0 aromatic carbocycles. The number of thiazole rings is 1. The molecule has 6 nitrogen and oxygen atoms in total. The maximum absolute atomic E-state index is 11.6. The molecular weight excluding hydrogens is 270 g/mol. The van der Waals surface area contributed by atoms with Gasteiger partial charge in [0.05, 0.1) is 11.5 Å². The van der Waals surface area contributed by atoms with E-state index in [1.807, 2.05) is 0 Å². The zero-order chi connectivity index (χ0) is 12.3. The van der Waals surface area contributed by atoms with E-state index in [0.717, 1.165) is 11.3 Å². The summed E-state index contributed by atoms with van der Waals surface area (Å²) in [5.41, 5.74) is 5.76. The Morgan fingerprint density at radius 2 is 2.38 bits per heavy atom. The van der Waals surface area contributed by atoms with Crippen molar-refractivity contribution in [1.29, 1.82) is 0 Å². The van der Waals surface area contributed by atoms with Gasteiger partial charge in [-0.1, -0.05) is 23.6 Å². The van der Waals surface area contributed by atoms with Crippen molar-refractivity contribution < 1.29 is 8.42 Å². The molecule has 16 heavy (non-hydrogen) atoms. The fraction of sp³-hybridized carbons (Fsp3) is 0.429. The molecule has 1 aromatic rings. The van der Waals surface area contributed by atoms with Gasteiger partial charge in [0.2, 0.25) is 10.0 Å². The van der Waals surface area contributed by atoms with Crippen LogP contribution in [0.5, 0.6) is 0 Å². The first kappa shape index (κ1) is 13.3. The minimum Gasteiger partial charge on any atom is -0.392 e. The normalized spacial score (nSPS) is 13.6. The van der Waals surface area contributed by atoms with Crippen molar-refractivity contribution in [3.05, 3.63) is 20.7 Å². The molecule has 0 bridgehead atoms. The third kappa shape index (κ3) is 3.37. The average molecular weight is 281 g/mol. The second kappa shape index (κ2) is 5.04. The fourth-order valence-electron chi connectivity index (χ4n) is 0.857. The lowest BCUT2D eigenvalue weighted by Gasteiger charge is -2.11. The highest BCUT2D eigenvalue weighted by Crippen LogP contribution is 2.01. The Labute approximate surface area is 102 Å². The minimum atomic E-state index is -3.58. The maximum Gasteiger partial charge on any atom is 0.304 e. The van der Waals surface area contributed by atoms with Gasteiger partial charge >= 0.3 is 4.87 Å². The molecule has 0 fully saturated rings. The van der Waals surface area contributed by atoms with E-state index >= 15 is 0 Å². The Morgan fingerprint density at radius 3 is 2.81 bits per heavy atom. The van der Waals surface area contributed by atoms with Crippen LogP contribution in [0, 0.1) is 0 Å². The first-order valence-corrected chi connectivity index (χ1v) is 7.11. The first-order chi connectivity index (χ1) is 7.33. The van der Waals surface area contributed by atoms with Crippen LogP contribution < -0.4 is 15.3 Å².